The third kappa shape index (κ3) is 5.00. The number of hydrogen-bond acceptors (Lipinski definition) is 4. The van der Waals surface area contributed by atoms with Crippen LogP contribution in [0.15, 0.2) is 21.7 Å². The van der Waals surface area contributed by atoms with E-state index >= 15 is 0 Å². The maximum Gasteiger partial charge on any atom is 0.251 e. The number of carbonyl (C=O) groups is 2. The Labute approximate surface area is 189 Å². The van der Waals surface area contributed by atoms with Gasteiger partial charge in [0.1, 0.15) is 11.4 Å². The Balaban J connectivity index is 1.72. The van der Waals surface area contributed by atoms with E-state index in [0.29, 0.717) is 17.7 Å². The number of H-pyrrole nitrogens is 1. The molecule has 0 atom stereocenters. The molecule has 0 spiro atoms. The molecule has 3 rings (SSSR count). The molecule has 0 aliphatic heterocycles. The summed E-state index contributed by atoms with van der Waals surface area (Å²) in [6.07, 6.45) is 11.7. The van der Waals surface area contributed by atoms with Gasteiger partial charge in [0.15, 0.2) is 5.78 Å². The van der Waals surface area contributed by atoms with E-state index in [2.05, 4.69) is 11.9 Å². The monoisotopic (exact) mass is 438 g/mol. The lowest BCUT2D eigenvalue weighted by Crippen LogP contribution is -2.35. The Kier molecular flexibility index (Phi) is 7.99. The van der Waals surface area contributed by atoms with Crippen LogP contribution < -0.4 is 11.1 Å². The fraction of sp³-hybridized carbons (Fsp3) is 0.538. The highest BCUT2D eigenvalue weighted by atomic mass is 16.2. The average Bonchev–Trinajstić information content (AvgIpc) is 2.73. The van der Waals surface area contributed by atoms with E-state index in [1.165, 1.54) is 61.6 Å². The van der Waals surface area contributed by atoms with Gasteiger partial charge in [0.2, 0.25) is 11.3 Å². The molecule has 6 heteroatoms. The number of aryl methyl sites for hydroxylation is 2. The Morgan fingerprint density at radius 1 is 0.719 bits per heavy atom. The quantitative estimate of drug-likeness (QED) is 0.433. The molecule has 0 amide bonds. The number of nitrogens with one attached hydrogen (secondary N) is 1. The second kappa shape index (κ2) is 10.7. The van der Waals surface area contributed by atoms with Crippen LogP contribution >= 0.6 is 0 Å². The number of aromatic nitrogens is 2. The Morgan fingerprint density at radius 2 is 1.28 bits per heavy atom. The smallest absolute Gasteiger partial charge is 0.251 e. The van der Waals surface area contributed by atoms with Crippen LogP contribution in [0.3, 0.4) is 0 Å². The molecular weight excluding hydrogens is 404 g/mol. The van der Waals surface area contributed by atoms with Crippen LogP contribution in [0.2, 0.25) is 0 Å². The molecule has 2 aromatic rings. The van der Waals surface area contributed by atoms with Crippen LogP contribution in [-0.4, -0.2) is 21.1 Å². The van der Waals surface area contributed by atoms with E-state index in [0.717, 1.165) is 19.3 Å². The van der Waals surface area contributed by atoms with E-state index in [1.807, 2.05) is 0 Å². The van der Waals surface area contributed by atoms with Crippen molar-refractivity contribution in [3.8, 4) is 0 Å². The molecule has 0 fully saturated rings. The number of rotatable bonds is 11. The second-order valence-corrected chi connectivity index (χ2v) is 8.95. The van der Waals surface area contributed by atoms with Gasteiger partial charge in [-0.3, -0.25) is 19.2 Å². The van der Waals surface area contributed by atoms with E-state index < -0.39 is 11.3 Å². The summed E-state index contributed by atoms with van der Waals surface area (Å²) in [6, 6.07) is 2.76. The van der Waals surface area contributed by atoms with Gasteiger partial charge in [0.25, 0.3) is 5.56 Å². The summed E-state index contributed by atoms with van der Waals surface area (Å²) in [4.78, 5) is 53.7. The highest BCUT2D eigenvalue weighted by molar-refractivity contribution is 6.27. The maximum absolute atomic E-state index is 13.3. The first kappa shape index (κ1) is 23.9. The summed E-state index contributed by atoms with van der Waals surface area (Å²) < 4.78 is 1.43. The number of aromatic amines is 1. The molecule has 32 heavy (non-hydrogen) atoms. The van der Waals surface area contributed by atoms with Gasteiger partial charge in [-0.15, -0.1) is 0 Å². The fourth-order valence-corrected chi connectivity index (χ4v) is 4.66. The molecule has 2 aromatic heterocycles. The zero-order chi connectivity index (χ0) is 23.3. The van der Waals surface area contributed by atoms with Crippen molar-refractivity contribution in [2.45, 2.75) is 91.5 Å². The number of fused-ring (bicyclic) bond motifs is 2. The number of pyridine rings is 2. The molecule has 0 radical (unpaired) electrons. The van der Waals surface area contributed by atoms with Gasteiger partial charge in [0, 0.05) is 18.7 Å². The van der Waals surface area contributed by atoms with Gasteiger partial charge in [-0.05, 0) is 31.4 Å². The van der Waals surface area contributed by atoms with Gasteiger partial charge in [-0.25, -0.2) is 0 Å². The Bertz CT molecular complexity index is 1120. The normalized spacial score (nSPS) is 12.7. The lowest BCUT2D eigenvalue weighted by Gasteiger charge is -2.23. The molecule has 0 bridgehead atoms. The number of ketones is 2. The van der Waals surface area contributed by atoms with E-state index in [9.17, 15) is 19.2 Å². The van der Waals surface area contributed by atoms with Crippen LogP contribution in [0.25, 0.3) is 0 Å². The van der Waals surface area contributed by atoms with Crippen molar-refractivity contribution in [2.24, 2.45) is 0 Å². The standard InChI is InChI=1S/C26H34N2O4/c1-4-5-6-7-8-9-10-11-12-13-14-28-20(30)16-18(3)22-24(28)26(32)23-21(25(22)31)17(2)15-19(29)27-23/h15-16H,4-14H2,1-3H3,(H,27,29). The van der Waals surface area contributed by atoms with Crippen LogP contribution in [0.1, 0.15) is 114 Å². The molecule has 2 heterocycles. The fourth-order valence-electron chi connectivity index (χ4n) is 4.66. The first-order valence-electron chi connectivity index (χ1n) is 11.9. The van der Waals surface area contributed by atoms with Gasteiger partial charge >= 0.3 is 0 Å². The SMILES string of the molecule is CCCCCCCCCCCCn1c2c(c(C)cc1=O)C(=O)c1c(C)cc(=O)[nH]c1C2=O. The van der Waals surface area contributed by atoms with Crippen molar-refractivity contribution in [3.05, 3.63) is 66.5 Å². The number of nitrogens with zero attached hydrogens (tertiary/aromatic N) is 1. The predicted molar refractivity (Wildman–Crippen MR) is 126 cm³/mol. The first-order valence-corrected chi connectivity index (χ1v) is 11.9. The topological polar surface area (TPSA) is 89.0 Å². The molecule has 172 valence electrons. The van der Waals surface area contributed by atoms with Crippen LogP contribution in [0.4, 0.5) is 0 Å². The van der Waals surface area contributed by atoms with Crippen molar-refractivity contribution < 1.29 is 9.59 Å². The van der Waals surface area contributed by atoms with Crippen LogP contribution in [-0.2, 0) is 6.54 Å². The second-order valence-electron chi connectivity index (χ2n) is 8.95. The maximum atomic E-state index is 13.3. The molecule has 0 saturated heterocycles. The van der Waals surface area contributed by atoms with Crippen molar-refractivity contribution in [2.75, 3.05) is 0 Å². The van der Waals surface area contributed by atoms with E-state index in [4.69, 9.17) is 0 Å². The molecule has 6 nitrogen and oxygen atoms in total. The highest BCUT2D eigenvalue weighted by Crippen LogP contribution is 2.28. The molecule has 1 aliphatic rings. The average molecular weight is 439 g/mol. The highest BCUT2D eigenvalue weighted by Gasteiger charge is 2.35. The van der Waals surface area contributed by atoms with Crippen LogP contribution in [0.5, 0.6) is 0 Å². The van der Waals surface area contributed by atoms with Crippen molar-refractivity contribution >= 4 is 11.6 Å². The first-order chi connectivity index (χ1) is 15.4. The third-order valence-electron chi connectivity index (χ3n) is 6.38. The van der Waals surface area contributed by atoms with Crippen molar-refractivity contribution in [3.63, 3.8) is 0 Å². The Hall–Kier alpha value is -2.76. The molecule has 1 N–H and O–H groups in total. The van der Waals surface area contributed by atoms with Gasteiger partial charge in [-0.2, -0.15) is 0 Å². The van der Waals surface area contributed by atoms with E-state index in [1.54, 1.807) is 13.8 Å². The van der Waals surface area contributed by atoms with Crippen LogP contribution in [0, 0.1) is 13.8 Å². The van der Waals surface area contributed by atoms with Gasteiger partial charge in [0.05, 0.1) is 11.1 Å². The molecule has 1 aliphatic carbocycles. The summed E-state index contributed by atoms with van der Waals surface area (Å²) in [5.41, 5.74) is 0.884. The minimum atomic E-state index is -0.455. The van der Waals surface area contributed by atoms with Gasteiger partial charge in [-0.1, -0.05) is 64.7 Å². The third-order valence-corrected chi connectivity index (χ3v) is 6.38. The zero-order valence-electron chi connectivity index (χ0n) is 19.5. The minimum absolute atomic E-state index is 0.00526. The number of carbonyl (C=O) groups excluding carboxylic acids is 2. The summed E-state index contributed by atoms with van der Waals surface area (Å²) in [7, 11) is 0. The lowest BCUT2D eigenvalue weighted by atomic mass is 9.85. The summed E-state index contributed by atoms with van der Waals surface area (Å²) in [5.74, 6) is -0.763. The molecule has 0 aromatic carbocycles. The predicted octanol–water partition coefficient (Wildman–Crippen LogP) is 4.85. The molecular formula is C26H34N2O4. The van der Waals surface area contributed by atoms with Crippen molar-refractivity contribution in [1.29, 1.82) is 0 Å². The minimum Gasteiger partial charge on any atom is -0.318 e. The zero-order valence-corrected chi connectivity index (χ0v) is 19.5. The summed E-state index contributed by atoms with van der Waals surface area (Å²) >= 11 is 0. The number of hydrogen-bond donors (Lipinski definition) is 1. The Morgan fingerprint density at radius 3 is 1.91 bits per heavy atom. The molecule has 0 saturated carbocycles. The largest absolute Gasteiger partial charge is 0.318 e. The number of unbranched alkanes of at least 4 members (excludes halogenated alkanes) is 9. The van der Waals surface area contributed by atoms with Crippen molar-refractivity contribution in [1.82, 2.24) is 9.55 Å². The van der Waals surface area contributed by atoms with Gasteiger partial charge < -0.3 is 9.55 Å². The molecule has 0 unspecified atom stereocenters. The van der Waals surface area contributed by atoms with E-state index in [-0.39, 0.29) is 33.9 Å². The lowest BCUT2D eigenvalue weighted by molar-refractivity contribution is 0.0965. The summed E-state index contributed by atoms with van der Waals surface area (Å²) in [6.45, 7) is 5.95. The summed E-state index contributed by atoms with van der Waals surface area (Å²) in [5, 5.41) is 0.